The highest BCUT2D eigenvalue weighted by Crippen LogP contribution is 2.27. The predicted octanol–water partition coefficient (Wildman–Crippen LogP) is 3.17. The summed E-state index contributed by atoms with van der Waals surface area (Å²) in [5, 5.41) is 2.87. The third-order valence-electron chi connectivity index (χ3n) is 4.81. The van der Waals surface area contributed by atoms with Gasteiger partial charge in [0.15, 0.2) is 0 Å². The Morgan fingerprint density at radius 2 is 2.07 bits per heavy atom. The summed E-state index contributed by atoms with van der Waals surface area (Å²) in [6.45, 7) is 2.67. The highest BCUT2D eigenvalue weighted by atomic mass is 19.1. The number of aryl methyl sites for hydroxylation is 1. The van der Waals surface area contributed by atoms with Gasteiger partial charge in [0.2, 0.25) is 11.8 Å². The Morgan fingerprint density at radius 1 is 1.30 bits per heavy atom. The van der Waals surface area contributed by atoms with E-state index in [2.05, 4.69) is 5.32 Å². The monoisotopic (exact) mass is 370 g/mol. The Morgan fingerprint density at radius 3 is 2.81 bits per heavy atom. The van der Waals surface area contributed by atoms with E-state index in [1.54, 1.807) is 36.3 Å². The lowest BCUT2D eigenvalue weighted by atomic mass is 10.1. The second kappa shape index (κ2) is 8.20. The van der Waals surface area contributed by atoms with E-state index >= 15 is 0 Å². The van der Waals surface area contributed by atoms with Crippen molar-refractivity contribution in [1.29, 1.82) is 0 Å². The van der Waals surface area contributed by atoms with E-state index in [1.807, 2.05) is 19.1 Å². The molecule has 1 fully saturated rings. The number of carbonyl (C=O) groups is 2. The van der Waals surface area contributed by atoms with Crippen molar-refractivity contribution >= 4 is 17.5 Å². The molecular formula is C21H23FN2O3. The normalized spacial score (nSPS) is 16.5. The first kappa shape index (κ1) is 18.9. The molecule has 5 nitrogen and oxygen atoms in total. The maximum Gasteiger partial charge on any atom is 0.229 e. The van der Waals surface area contributed by atoms with E-state index in [1.165, 1.54) is 6.07 Å². The molecular weight excluding hydrogens is 347 g/mol. The topological polar surface area (TPSA) is 58.6 Å². The van der Waals surface area contributed by atoms with Crippen LogP contribution in [-0.2, 0) is 16.0 Å². The van der Waals surface area contributed by atoms with Gasteiger partial charge < -0.3 is 15.0 Å². The van der Waals surface area contributed by atoms with E-state index in [0.29, 0.717) is 36.5 Å². The third kappa shape index (κ3) is 4.45. The summed E-state index contributed by atoms with van der Waals surface area (Å²) in [6, 6.07) is 12.1. The van der Waals surface area contributed by atoms with Crippen LogP contribution < -0.4 is 10.1 Å². The summed E-state index contributed by atoms with van der Waals surface area (Å²) >= 11 is 0. The summed E-state index contributed by atoms with van der Waals surface area (Å²) < 4.78 is 19.0. The van der Waals surface area contributed by atoms with Gasteiger partial charge in [0.1, 0.15) is 11.6 Å². The first-order valence-corrected chi connectivity index (χ1v) is 8.94. The number of halogens is 1. The van der Waals surface area contributed by atoms with Gasteiger partial charge >= 0.3 is 0 Å². The Labute approximate surface area is 158 Å². The summed E-state index contributed by atoms with van der Waals surface area (Å²) in [6.07, 6.45) is 0.593. The van der Waals surface area contributed by atoms with Crippen LogP contribution >= 0.6 is 0 Å². The van der Waals surface area contributed by atoms with Crippen molar-refractivity contribution in [2.45, 2.75) is 19.8 Å². The zero-order valence-corrected chi connectivity index (χ0v) is 15.5. The highest BCUT2D eigenvalue weighted by molar-refractivity contribution is 5.98. The number of benzene rings is 2. The van der Waals surface area contributed by atoms with Crippen molar-refractivity contribution in [2.75, 3.05) is 25.5 Å². The fourth-order valence-electron chi connectivity index (χ4n) is 3.27. The van der Waals surface area contributed by atoms with Gasteiger partial charge in [-0.15, -0.1) is 0 Å². The molecule has 0 saturated carbocycles. The lowest BCUT2D eigenvalue weighted by Gasteiger charge is -2.17. The molecule has 1 heterocycles. The first-order chi connectivity index (χ1) is 13.0. The molecule has 0 aromatic heterocycles. The second-order valence-corrected chi connectivity index (χ2v) is 6.78. The standard InChI is InChI=1S/C21H23FN2O3/c1-14-7-8-19(27-2)18(11-14)23-21(26)16-12-20(25)24(13-16)10-9-15-5-3-4-6-17(15)22/h3-8,11,16H,9-10,12-13H2,1-2H3,(H,23,26). The SMILES string of the molecule is COc1ccc(C)cc1NC(=O)C1CC(=O)N(CCc2ccccc2F)C1. The zero-order valence-electron chi connectivity index (χ0n) is 15.5. The number of methoxy groups -OCH3 is 1. The maximum atomic E-state index is 13.7. The average Bonchev–Trinajstić information content (AvgIpc) is 3.02. The number of rotatable bonds is 6. The molecule has 27 heavy (non-hydrogen) atoms. The summed E-state index contributed by atoms with van der Waals surface area (Å²) in [5.41, 5.74) is 2.17. The molecule has 0 bridgehead atoms. The number of nitrogens with zero attached hydrogens (tertiary/aromatic N) is 1. The Balaban J connectivity index is 1.60. The van der Waals surface area contributed by atoms with Crippen LogP contribution in [0.25, 0.3) is 0 Å². The van der Waals surface area contributed by atoms with Crippen LogP contribution in [0.5, 0.6) is 5.75 Å². The molecule has 3 rings (SSSR count). The molecule has 2 aromatic carbocycles. The minimum absolute atomic E-state index is 0.0808. The van der Waals surface area contributed by atoms with Gasteiger partial charge in [-0.05, 0) is 42.7 Å². The maximum absolute atomic E-state index is 13.7. The van der Waals surface area contributed by atoms with Gasteiger partial charge in [-0.2, -0.15) is 0 Å². The summed E-state index contributed by atoms with van der Waals surface area (Å²) in [4.78, 5) is 26.5. The predicted molar refractivity (Wildman–Crippen MR) is 101 cm³/mol. The van der Waals surface area contributed by atoms with Crippen LogP contribution in [0.3, 0.4) is 0 Å². The Hall–Kier alpha value is -2.89. The van der Waals surface area contributed by atoms with Crippen LogP contribution in [0.15, 0.2) is 42.5 Å². The number of hydrogen-bond donors (Lipinski definition) is 1. The van der Waals surface area contributed by atoms with Gasteiger partial charge in [0.25, 0.3) is 0 Å². The van der Waals surface area contributed by atoms with E-state index in [4.69, 9.17) is 4.74 Å². The van der Waals surface area contributed by atoms with Gasteiger partial charge in [-0.25, -0.2) is 4.39 Å². The van der Waals surface area contributed by atoms with Gasteiger partial charge in [0, 0.05) is 19.5 Å². The number of amides is 2. The Bertz CT molecular complexity index is 853. The smallest absolute Gasteiger partial charge is 0.229 e. The molecule has 142 valence electrons. The summed E-state index contributed by atoms with van der Waals surface area (Å²) in [7, 11) is 1.55. The van der Waals surface area contributed by atoms with Crippen molar-refractivity contribution in [3.8, 4) is 5.75 Å². The fraction of sp³-hybridized carbons (Fsp3) is 0.333. The molecule has 2 aromatic rings. The van der Waals surface area contributed by atoms with E-state index < -0.39 is 5.92 Å². The zero-order chi connectivity index (χ0) is 19.4. The fourth-order valence-corrected chi connectivity index (χ4v) is 3.27. The number of hydrogen-bond acceptors (Lipinski definition) is 3. The molecule has 1 aliphatic rings. The minimum Gasteiger partial charge on any atom is -0.495 e. The van der Waals surface area contributed by atoms with E-state index in [9.17, 15) is 14.0 Å². The lowest BCUT2D eigenvalue weighted by molar-refractivity contribution is -0.128. The summed E-state index contributed by atoms with van der Waals surface area (Å²) in [5.74, 6) is -0.411. The van der Waals surface area contributed by atoms with E-state index in [0.717, 1.165) is 5.56 Å². The van der Waals surface area contributed by atoms with Crippen LogP contribution in [0.4, 0.5) is 10.1 Å². The number of carbonyl (C=O) groups excluding carboxylic acids is 2. The van der Waals surface area contributed by atoms with Crippen molar-refractivity contribution < 1.29 is 18.7 Å². The van der Waals surface area contributed by atoms with Crippen LogP contribution in [0.1, 0.15) is 17.5 Å². The van der Waals surface area contributed by atoms with Crippen LogP contribution in [0, 0.1) is 18.7 Å². The minimum atomic E-state index is -0.427. The van der Waals surface area contributed by atoms with Crippen LogP contribution in [0.2, 0.25) is 0 Å². The quantitative estimate of drug-likeness (QED) is 0.850. The van der Waals surface area contributed by atoms with Gasteiger partial charge in [-0.1, -0.05) is 24.3 Å². The molecule has 1 atom stereocenters. The third-order valence-corrected chi connectivity index (χ3v) is 4.81. The number of anilines is 1. The Kier molecular flexibility index (Phi) is 5.74. The molecule has 1 N–H and O–H groups in total. The first-order valence-electron chi connectivity index (χ1n) is 8.94. The highest BCUT2D eigenvalue weighted by Gasteiger charge is 2.34. The number of nitrogens with one attached hydrogen (secondary N) is 1. The van der Waals surface area contributed by atoms with Crippen molar-refractivity contribution in [2.24, 2.45) is 5.92 Å². The molecule has 0 aliphatic carbocycles. The van der Waals surface area contributed by atoms with Crippen LogP contribution in [-0.4, -0.2) is 36.9 Å². The largest absolute Gasteiger partial charge is 0.495 e. The molecule has 0 radical (unpaired) electrons. The van der Waals surface area contributed by atoms with Gasteiger partial charge in [-0.3, -0.25) is 9.59 Å². The molecule has 1 aliphatic heterocycles. The lowest BCUT2D eigenvalue weighted by Crippen LogP contribution is -2.30. The molecule has 6 heteroatoms. The van der Waals surface area contributed by atoms with Crippen molar-refractivity contribution in [3.05, 3.63) is 59.4 Å². The van der Waals surface area contributed by atoms with Crippen molar-refractivity contribution in [1.82, 2.24) is 4.90 Å². The molecule has 2 amide bonds. The molecule has 1 unspecified atom stereocenters. The van der Waals surface area contributed by atoms with Crippen molar-refractivity contribution in [3.63, 3.8) is 0 Å². The molecule has 0 spiro atoms. The number of likely N-dealkylation sites (tertiary alicyclic amines) is 1. The second-order valence-electron chi connectivity index (χ2n) is 6.78. The molecule has 1 saturated heterocycles. The van der Waals surface area contributed by atoms with Gasteiger partial charge in [0.05, 0.1) is 18.7 Å². The van der Waals surface area contributed by atoms with E-state index in [-0.39, 0.29) is 24.1 Å². The number of ether oxygens (including phenoxy) is 1. The average molecular weight is 370 g/mol.